The van der Waals surface area contributed by atoms with Gasteiger partial charge in [0.25, 0.3) is 0 Å². The Labute approximate surface area is 86.5 Å². The van der Waals surface area contributed by atoms with Gasteiger partial charge in [-0.15, -0.1) is 0 Å². The molecule has 0 spiro atoms. The van der Waals surface area contributed by atoms with Crippen molar-refractivity contribution in [2.24, 2.45) is 5.73 Å². The Hall–Kier alpha value is -1.88. The molecule has 1 atom stereocenters. The molecule has 5 nitrogen and oxygen atoms in total. The van der Waals surface area contributed by atoms with Crippen LogP contribution in [0.3, 0.4) is 0 Å². The summed E-state index contributed by atoms with van der Waals surface area (Å²) in [5.41, 5.74) is 3.58. The van der Waals surface area contributed by atoms with Crippen molar-refractivity contribution in [3.05, 3.63) is 35.9 Å². The molecular weight excluding hydrogens is 198 g/mol. The zero-order valence-electron chi connectivity index (χ0n) is 8.14. The average Bonchev–Trinajstić information content (AvgIpc) is 2.27. The minimum absolute atomic E-state index is 0.185. The van der Waals surface area contributed by atoms with Crippen LogP contribution in [0.1, 0.15) is 5.56 Å². The summed E-state index contributed by atoms with van der Waals surface area (Å²) >= 11 is 0. The molecule has 0 fully saturated rings. The summed E-state index contributed by atoms with van der Waals surface area (Å²) < 4.78 is 4.39. The minimum Gasteiger partial charge on any atom is -0.479 e. The molecule has 0 saturated heterocycles. The molecule has 0 aliphatic carbocycles. The van der Waals surface area contributed by atoms with Crippen molar-refractivity contribution in [2.75, 3.05) is 7.11 Å². The number of carbonyl (C=O) groups is 2. The normalized spacial score (nSPS) is 14.0. The zero-order chi connectivity index (χ0) is 11.5. The van der Waals surface area contributed by atoms with Crippen molar-refractivity contribution in [2.45, 2.75) is 5.54 Å². The molecule has 0 aliphatic heterocycles. The fourth-order valence-electron chi connectivity index (χ4n) is 1.19. The lowest BCUT2D eigenvalue weighted by molar-refractivity contribution is -0.159. The first-order valence-corrected chi connectivity index (χ1v) is 4.19. The van der Waals surface area contributed by atoms with Crippen LogP contribution in [0.5, 0.6) is 0 Å². The molecule has 0 bridgehead atoms. The second-order valence-corrected chi connectivity index (χ2v) is 2.97. The standard InChI is InChI=1S/C10H11NO4/c1-15-9(14)10(11,8(12)13)7-5-3-2-4-6-7/h2-6H,11H2,1H3,(H,12,13)/t10-/m0/s1. The summed E-state index contributed by atoms with van der Waals surface area (Å²) in [6.45, 7) is 0. The van der Waals surface area contributed by atoms with Gasteiger partial charge in [0.2, 0.25) is 5.54 Å². The second-order valence-electron chi connectivity index (χ2n) is 2.97. The zero-order valence-corrected chi connectivity index (χ0v) is 8.14. The predicted molar refractivity (Wildman–Crippen MR) is 52.0 cm³/mol. The van der Waals surface area contributed by atoms with E-state index in [-0.39, 0.29) is 5.56 Å². The molecule has 0 aliphatic rings. The lowest BCUT2D eigenvalue weighted by Crippen LogP contribution is -2.52. The van der Waals surface area contributed by atoms with Crippen LogP contribution in [0, 0.1) is 0 Å². The van der Waals surface area contributed by atoms with Gasteiger partial charge in [-0.25, -0.2) is 9.59 Å². The van der Waals surface area contributed by atoms with Crippen molar-refractivity contribution < 1.29 is 19.4 Å². The van der Waals surface area contributed by atoms with E-state index in [9.17, 15) is 9.59 Å². The molecule has 0 radical (unpaired) electrons. The summed E-state index contributed by atoms with van der Waals surface area (Å²) in [6.07, 6.45) is 0. The Morgan fingerprint density at radius 3 is 2.27 bits per heavy atom. The number of carboxylic acid groups (broad SMARTS) is 1. The van der Waals surface area contributed by atoms with Gasteiger partial charge in [-0.3, -0.25) is 0 Å². The Kier molecular flexibility index (Phi) is 3.06. The van der Waals surface area contributed by atoms with Crippen LogP contribution >= 0.6 is 0 Å². The largest absolute Gasteiger partial charge is 0.479 e. The number of aliphatic carboxylic acids is 1. The summed E-state index contributed by atoms with van der Waals surface area (Å²) in [5, 5.41) is 8.96. The van der Waals surface area contributed by atoms with Gasteiger partial charge in [0.15, 0.2) is 0 Å². The molecular formula is C10H11NO4. The number of benzene rings is 1. The first-order valence-electron chi connectivity index (χ1n) is 4.19. The maximum atomic E-state index is 11.3. The number of methoxy groups -OCH3 is 1. The van der Waals surface area contributed by atoms with Crippen LogP contribution in [0.15, 0.2) is 30.3 Å². The van der Waals surface area contributed by atoms with E-state index in [1.54, 1.807) is 18.2 Å². The summed E-state index contributed by atoms with van der Waals surface area (Å²) in [4.78, 5) is 22.3. The molecule has 0 aromatic heterocycles. The monoisotopic (exact) mass is 209 g/mol. The van der Waals surface area contributed by atoms with Crippen LogP contribution in [0.4, 0.5) is 0 Å². The van der Waals surface area contributed by atoms with Crippen LogP contribution in [-0.4, -0.2) is 24.2 Å². The van der Waals surface area contributed by atoms with Crippen molar-refractivity contribution in [3.8, 4) is 0 Å². The van der Waals surface area contributed by atoms with Crippen molar-refractivity contribution in [1.82, 2.24) is 0 Å². The summed E-state index contributed by atoms with van der Waals surface area (Å²) in [7, 11) is 1.09. The van der Waals surface area contributed by atoms with Gasteiger partial charge in [0, 0.05) is 0 Å². The molecule has 0 heterocycles. The van der Waals surface area contributed by atoms with E-state index in [0.29, 0.717) is 0 Å². The SMILES string of the molecule is COC(=O)[C@@](N)(C(=O)O)c1ccccc1. The molecule has 1 rings (SSSR count). The molecule has 1 aromatic carbocycles. The maximum absolute atomic E-state index is 11.3. The lowest BCUT2D eigenvalue weighted by Gasteiger charge is -2.21. The molecule has 5 heteroatoms. The van der Waals surface area contributed by atoms with E-state index < -0.39 is 17.5 Å². The van der Waals surface area contributed by atoms with E-state index in [0.717, 1.165) is 7.11 Å². The minimum atomic E-state index is -2.14. The van der Waals surface area contributed by atoms with Crippen molar-refractivity contribution in [3.63, 3.8) is 0 Å². The summed E-state index contributed by atoms with van der Waals surface area (Å²) in [6, 6.07) is 7.82. The van der Waals surface area contributed by atoms with Crippen molar-refractivity contribution >= 4 is 11.9 Å². The predicted octanol–water partition coefficient (Wildman–Crippen LogP) is 0.0982. The Balaban J connectivity index is 3.25. The number of hydrogen-bond donors (Lipinski definition) is 2. The van der Waals surface area contributed by atoms with E-state index >= 15 is 0 Å². The highest BCUT2D eigenvalue weighted by Crippen LogP contribution is 2.19. The molecule has 0 amide bonds. The van der Waals surface area contributed by atoms with Gasteiger partial charge in [-0.05, 0) is 5.56 Å². The number of nitrogens with two attached hydrogens (primary N) is 1. The fourth-order valence-corrected chi connectivity index (χ4v) is 1.19. The number of carboxylic acids is 1. The third-order valence-corrected chi connectivity index (χ3v) is 2.07. The Morgan fingerprint density at radius 2 is 1.87 bits per heavy atom. The first-order chi connectivity index (χ1) is 7.03. The topological polar surface area (TPSA) is 89.6 Å². The van der Waals surface area contributed by atoms with Gasteiger partial charge in [0.1, 0.15) is 0 Å². The second kappa shape index (κ2) is 4.10. The quantitative estimate of drug-likeness (QED) is 0.544. The van der Waals surface area contributed by atoms with E-state index in [4.69, 9.17) is 10.8 Å². The number of carbonyl (C=O) groups excluding carboxylic acids is 1. The third-order valence-electron chi connectivity index (χ3n) is 2.07. The molecule has 1 aromatic rings. The van der Waals surface area contributed by atoms with Gasteiger partial charge in [0.05, 0.1) is 7.11 Å². The molecule has 3 N–H and O–H groups in total. The van der Waals surface area contributed by atoms with Crippen LogP contribution in [0.25, 0.3) is 0 Å². The van der Waals surface area contributed by atoms with Gasteiger partial charge < -0.3 is 15.6 Å². The van der Waals surface area contributed by atoms with Crippen LogP contribution in [0.2, 0.25) is 0 Å². The highest BCUT2D eigenvalue weighted by atomic mass is 16.5. The summed E-state index contributed by atoms with van der Waals surface area (Å²) in [5.74, 6) is -2.44. The number of rotatable bonds is 3. The maximum Gasteiger partial charge on any atom is 0.342 e. The Bertz CT molecular complexity index is 376. The average molecular weight is 209 g/mol. The third kappa shape index (κ3) is 1.82. The molecule has 15 heavy (non-hydrogen) atoms. The van der Waals surface area contributed by atoms with Crippen LogP contribution < -0.4 is 5.73 Å². The highest BCUT2D eigenvalue weighted by Gasteiger charge is 2.45. The van der Waals surface area contributed by atoms with Crippen molar-refractivity contribution in [1.29, 1.82) is 0 Å². The highest BCUT2D eigenvalue weighted by molar-refractivity contribution is 6.04. The lowest BCUT2D eigenvalue weighted by atomic mass is 9.91. The molecule has 0 saturated carbocycles. The van der Waals surface area contributed by atoms with Gasteiger partial charge >= 0.3 is 11.9 Å². The van der Waals surface area contributed by atoms with Crippen LogP contribution in [-0.2, 0) is 19.9 Å². The van der Waals surface area contributed by atoms with Gasteiger partial charge in [-0.2, -0.15) is 0 Å². The molecule has 0 unspecified atom stereocenters. The number of esters is 1. The number of ether oxygens (including phenoxy) is 1. The van der Waals surface area contributed by atoms with E-state index in [2.05, 4.69) is 4.74 Å². The molecule has 80 valence electrons. The Morgan fingerprint density at radius 1 is 1.33 bits per heavy atom. The van der Waals surface area contributed by atoms with E-state index in [1.165, 1.54) is 12.1 Å². The van der Waals surface area contributed by atoms with E-state index in [1.807, 2.05) is 0 Å². The van der Waals surface area contributed by atoms with Gasteiger partial charge in [-0.1, -0.05) is 30.3 Å². The number of hydrogen-bond acceptors (Lipinski definition) is 4. The first kappa shape index (κ1) is 11.2. The smallest absolute Gasteiger partial charge is 0.342 e. The fraction of sp³-hybridized carbons (Fsp3) is 0.200.